The zero-order chi connectivity index (χ0) is 32.8. The van der Waals surface area contributed by atoms with E-state index < -0.39 is 11.5 Å². The fraction of sp³-hybridized carbons (Fsp3) is 0.714. The topological polar surface area (TPSA) is 121 Å². The van der Waals surface area contributed by atoms with E-state index in [4.69, 9.17) is 10.5 Å². The number of esters is 1. The number of hydrogen-bond donors (Lipinski definition) is 5. The molecule has 1 aromatic heterocycles. The molecule has 2 rings (SSSR count). The van der Waals surface area contributed by atoms with E-state index in [1.54, 1.807) is 0 Å². The molecule has 1 aromatic carbocycles. The highest BCUT2D eigenvalue weighted by molar-refractivity contribution is 5.91. The number of ether oxygens (including phenoxy) is 1. The van der Waals surface area contributed by atoms with Gasteiger partial charge in [0.05, 0.1) is 18.6 Å². The van der Waals surface area contributed by atoms with Crippen LogP contribution in [0, 0.1) is 5.41 Å². The minimum absolute atomic E-state index is 0.00976. The van der Waals surface area contributed by atoms with Crippen molar-refractivity contribution >= 4 is 22.8 Å². The Hall–Kier alpha value is -2.42. The van der Waals surface area contributed by atoms with Gasteiger partial charge in [0.25, 0.3) is 0 Å². The zero-order valence-corrected chi connectivity index (χ0v) is 29.2. The molecule has 43 heavy (non-hydrogen) atoms. The van der Waals surface area contributed by atoms with Crippen molar-refractivity contribution in [2.45, 2.75) is 117 Å². The fourth-order valence-electron chi connectivity index (χ4n) is 5.97. The van der Waals surface area contributed by atoms with E-state index in [0.717, 1.165) is 48.1 Å². The summed E-state index contributed by atoms with van der Waals surface area (Å²) in [7, 11) is 5.21. The van der Waals surface area contributed by atoms with Gasteiger partial charge in [-0.2, -0.15) is 0 Å². The van der Waals surface area contributed by atoms with Gasteiger partial charge in [-0.05, 0) is 92.9 Å². The maximum Gasteiger partial charge on any atom is 0.313 e. The van der Waals surface area contributed by atoms with Gasteiger partial charge in [0.15, 0.2) is 0 Å². The monoisotopic (exact) mass is 599 g/mol. The third-order valence-corrected chi connectivity index (χ3v) is 8.57. The first kappa shape index (κ1) is 36.8. The molecule has 244 valence electrons. The van der Waals surface area contributed by atoms with E-state index in [9.17, 15) is 9.59 Å². The van der Waals surface area contributed by atoms with E-state index in [0.29, 0.717) is 19.3 Å². The molecule has 0 aliphatic rings. The molecule has 0 bridgehead atoms. The lowest BCUT2D eigenvalue weighted by Gasteiger charge is -2.32. The molecule has 0 aliphatic carbocycles. The summed E-state index contributed by atoms with van der Waals surface area (Å²) in [6.07, 6.45) is 3.21. The van der Waals surface area contributed by atoms with Crippen LogP contribution in [0.1, 0.15) is 110 Å². The molecular formula is C35H61N5O3. The van der Waals surface area contributed by atoms with Crippen LogP contribution in [-0.2, 0) is 37.0 Å². The number of fused-ring (bicyclic) bond motifs is 1. The standard InChI is InChI=1S/C35H61N5O3/c1-32(2,3)23-19-25(33(4,5)6)28-24(29(34(7,8)9)40-27(28)20-23)21-26(36)30(41)39-22-35(31(42)43-12,15-13-17-37-10)16-14-18-38-11/h19-20,26,37-38,40H,13-18,21-22,36H2,1-12H3,(H,39,41)/t26-/m0/s1. The number of rotatable bonds is 14. The summed E-state index contributed by atoms with van der Waals surface area (Å²) in [5, 5.41) is 10.5. The van der Waals surface area contributed by atoms with Crippen molar-refractivity contribution < 1.29 is 14.3 Å². The number of carbonyl (C=O) groups excluding carboxylic acids is 2. The molecule has 8 heteroatoms. The van der Waals surface area contributed by atoms with Crippen LogP contribution in [0.25, 0.3) is 10.9 Å². The van der Waals surface area contributed by atoms with Crippen molar-refractivity contribution in [3.63, 3.8) is 0 Å². The average molecular weight is 600 g/mol. The number of hydrogen-bond acceptors (Lipinski definition) is 6. The molecule has 8 nitrogen and oxygen atoms in total. The first-order valence-electron chi connectivity index (χ1n) is 15.9. The summed E-state index contributed by atoms with van der Waals surface area (Å²) in [5.74, 6) is -0.543. The highest BCUT2D eigenvalue weighted by Crippen LogP contribution is 2.41. The van der Waals surface area contributed by atoms with Crippen molar-refractivity contribution in [2.75, 3.05) is 40.8 Å². The number of amides is 1. The number of benzene rings is 1. The summed E-state index contributed by atoms with van der Waals surface area (Å²) < 4.78 is 5.27. The summed E-state index contributed by atoms with van der Waals surface area (Å²) in [6, 6.07) is 3.81. The largest absolute Gasteiger partial charge is 0.469 e. The van der Waals surface area contributed by atoms with Gasteiger partial charge in [0.2, 0.25) is 5.91 Å². The second-order valence-corrected chi connectivity index (χ2v) is 15.4. The van der Waals surface area contributed by atoms with Crippen molar-refractivity contribution in [2.24, 2.45) is 11.1 Å². The molecule has 1 atom stereocenters. The van der Waals surface area contributed by atoms with Crippen LogP contribution in [0.5, 0.6) is 0 Å². The van der Waals surface area contributed by atoms with Crippen LogP contribution in [0.4, 0.5) is 0 Å². The van der Waals surface area contributed by atoms with Crippen molar-refractivity contribution in [3.8, 4) is 0 Å². The number of H-pyrrole nitrogens is 1. The number of nitrogens with one attached hydrogen (secondary N) is 4. The molecule has 2 aromatic rings. The summed E-state index contributed by atoms with van der Waals surface area (Å²) in [5.41, 5.74) is 11.4. The summed E-state index contributed by atoms with van der Waals surface area (Å²) >= 11 is 0. The Kier molecular flexibility index (Phi) is 12.5. The first-order chi connectivity index (χ1) is 19.8. The smallest absolute Gasteiger partial charge is 0.313 e. The minimum Gasteiger partial charge on any atom is -0.469 e. The Balaban J connectivity index is 2.50. The molecule has 0 saturated heterocycles. The third kappa shape index (κ3) is 9.29. The Labute approximate surface area is 261 Å². The molecule has 1 amide bonds. The molecule has 0 radical (unpaired) electrons. The lowest BCUT2D eigenvalue weighted by atomic mass is 9.77. The second kappa shape index (κ2) is 14.6. The zero-order valence-electron chi connectivity index (χ0n) is 29.2. The first-order valence-corrected chi connectivity index (χ1v) is 15.9. The molecule has 0 spiro atoms. The van der Waals surface area contributed by atoms with Gasteiger partial charge in [-0.1, -0.05) is 68.4 Å². The van der Waals surface area contributed by atoms with Crippen LogP contribution >= 0.6 is 0 Å². The van der Waals surface area contributed by atoms with Crippen molar-refractivity contribution in [1.29, 1.82) is 0 Å². The van der Waals surface area contributed by atoms with E-state index in [1.807, 2.05) is 14.1 Å². The number of carbonyl (C=O) groups is 2. The van der Waals surface area contributed by atoms with Crippen LogP contribution < -0.4 is 21.7 Å². The predicted octanol–water partition coefficient (Wildman–Crippen LogP) is 5.21. The Bertz CT molecular complexity index is 1220. The predicted molar refractivity (Wildman–Crippen MR) is 180 cm³/mol. The second-order valence-electron chi connectivity index (χ2n) is 15.4. The normalized spacial score (nSPS) is 13.8. The van der Waals surface area contributed by atoms with E-state index in [2.05, 4.69) is 95.4 Å². The van der Waals surface area contributed by atoms with Crippen molar-refractivity contribution in [1.82, 2.24) is 20.9 Å². The average Bonchev–Trinajstić information content (AvgIpc) is 3.28. The van der Waals surface area contributed by atoms with Gasteiger partial charge < -0.3 is 31.4 Å². The molecule has 0 unspecified atom stereocenters. The highest BCUT2D eigenvalue weighted by atomic mass is 16.5. The molecule has 0 aliphatic heterocycles. The van der Waals surface area contributed by atoms with E-state index in [1.165, 1.54) is 18.2 Å². The van der Waals surface area contributed by atoms with E-state index in [-0.39, 0.29) is 34.7 Å². The fourth-order valence-corrected chi connectivity index (χ4v) is 5.97. The summed E-state index contributed by atoms with van der Waals surface area (Å²) in [6.45, 7) is 21.8. The quantitative estimate of drug-likeness (QED) is 0.150. The molecule has 0 fully saturated rings. The van der Waals surface area contributed by atoms with Gasteiger partial charge in [-0.25, -0.2) is 0 Å². The molecule has 6 N–H and O–H groups in total. The molecule has 0 saturated carbocycles. The van der Waals surface area contributed by atoms with Gasteiger partial charge >= 0.3 is 5.97 Å². The SMILES string of the molecule is CNCCCC(CCCNC)(CNC(=O)[C@@H](N)Cc1c(C(C)(C)C)[nH]c2cc(C(C)(C)C)cc(C(C)(C)C)c12)C(=O)OC. The number of nitrogens with two attached hydrogens (primary N) is 1. The molecule has 1 heterocycles. The third-order valence-electron chi connectivity index (χ3n) is 8.57. The number of methoxy groups -OCH3 is 1. The van der Waals surface area contributed by atoms with Gasteiger partial charge in [-0.3, -0.25) is 9.59 Å². The van der Waals surface area contributed by atoms with Gasteiger partial charge in [-0.15, -0.1) is 0 Å². The lowest BCUT2D eigenvalue weighted by molar-refractivity contribution is -0.154. The van der Waals surface area contributed by atoms with Crippen LogP contribution in [0.3, 0.4) is 0 Å². The number of aromatic amines is 1. The van der Waals surface area contributed by atoms with Crippen LogP contribution in [0.15, 0.2) is 12.1 Å². The summed E-state index contributed by atoms with van der Waals surface area (Å²) in [4.78, 5) is 30.5. The Morgan fingerprint density at radius 2 is 1.44 bits per heavy atom. The number of aromatic nitrogens is 1. The van der Waals surface area contributed by atoms with Crippen LogP contribution in [0.2, 0.25) is 0 Å². The Morgan fingerprint density at radius 3 is 1.88 bits per heavy atom. The lowest BCUT2D eigenvalue weighted by Crippen LogP contribution is -2.49. The van der Waals surface area contributed by atoms with Crippen molar-refractivity contribution in [3.05, 3.63) is 34.5 Å². The molecular weight excluding hydrogens is 538 g/mol. The minimum atomic E-state index is -0.808. The van der Waals surface area contributed by atoms with E-state index >= 15 is 0 Å². The van der Waals surface area contributed by atoms with Gasteiger partial charge in [0.1, 0.15) is 0 Å². The van der Waals surface area contributed by atoms with Crippen LogP contribution in [-0.4, -0.2) is 63.7 Å². The Morgan fingerprint density at radius 1 is 0.884 bits per heavy atom. The maximum atomic E-state index is 13.6. The maximum absolute atomic E-state index is 13.6. The van der Waals surface area contributed by atoms with Gasteiger partial charge in [0, 0.05) is 28.6 Å². The highest BCUT2D eigenvalue weighted by Gasteiger charge is 2.39.